The summed E-state index contributed by atoms with van der Waals surface area (Å²) in [5, 5.41) is 14.3. The van der Waals surface area contributed by atoms with E-state index < -0.39 is 14.9 Å². The van der Waals surface area contributed by atoms with Gasteiger partial charge >= 0.3 is 10.0 Å². The zero-order chi connectivity index (χ0) is 18.2. The van der Waals surface area contributed by atoms with Gasteiger partial charge in [-0.15, -0.1) is 3.98 Å². The van der Waals surface area contributed by atoms with Gasteiger partial charge in [-0.2, -0.15) is 8.42 Å². The maximum absolute atomic E-state index is 13.1. The van der Waals surface area contributed by atoms with Crippen molar-refractivity contribution >= 4 is 21.5 Å². The third kappa shape index (κ3) is 3.00. The molecule has 0 aliphatic carbocycles. The highest BCUT2D eigenvalue weighted by atomic mass is 32.2. The molecule has 8 heteroatoms. The second kappa shape index (κ2) is 6.29. The number of nitrogens with zero attached hydrogens (tertiary/aromatic N) is 2. The fourth-order valence-corrected chi connectivity index (χ4v) is 4.42. The summed E-state index contributed by atoms with van der Waals surface area (Å²) in [6.45, 7) is 4.04. The minimum Gasteiger partial charge on any atom is -0.269 e. The zero-order valence-electron chi connectivity index (χ0n) is 13.9. The maximum Gasteiger partial charge on any atom is 0.331 e. The van der Waals surface area contributed by atoms with Crippen LogP contribution in [0.3, 0.4) is 0 Å². The van der Waals surface area contributed by atoms with Gasteiger partial charge in [0.15, 0.2) is 0 Å². The summed E-state index contributed by atoms with van der Waals surface area (Å²) in [4.78, 5) is 10.6. The van der Waals surface area contributed by atoms with Crippen LogP contribution < -0.4 is 5.32 Å². The average molecular weight is 360 g/mol. The Morgan fingerprint density at radius 1 is 1.16 bits per heavy atom. The molecule has 0 saturated carbocycles. The number of hydrogen-bond acceptors (Lipinski definition) is 5. The smallest absolute Gasteiger partial charge is 0.269 e. The van der Waals surface area contributed by atoms with E-state index in [2.05, 4.69) is 5.32 Å². The largest absolute Gasteiger partial charge is 0.331 e. The molecule has 0 radical (unpaired) electrons. The van der Waals surface area contributed by atoms with E-state index >= 15 is 0 Å². The summed E-state index contributed by atoms with van der Waals surface area (Å²) in [6.07, 6.45) is 0. The molecule has 3 rings (SSSR count). The van der Waals surface area contributed by atoms with E-state index in [4.69, 9.17) is 0 Å². The van der Waals surface area contributed by atoms with Crippen LogP contribution in [-0.4, -0.2) is 36.2 Å². The molecule has 0 bridgehead atoms. The van der Waals surface area contributed by atoms with E-state index in [1.807, 2.05) is 30.3 Å². The van der Waals surface area contributed by atoms with Crippen LogP contribution in [0.1, 0.15) is 16.7 Å². The van der Waals surface area contributed by atoms with Crippen LogP contribution in [0.15, 0.2) is 47.4 Å². The number of rotatable bonds is 4. The molecule has 1 heterocycles. The Morgan fingerprint density at radius 2 is 1.84 bits per heavy atom. The van der Waals surface area contributed by atoms with Gasteiger partial charge in [0, 0.05) is 11.6 Å². The van der Waals surface area contributed by atoms with Crippen molar-refractivity contribution in [1.82, 2.24) is 5.32 Å². The molecule has 0 amide bonds. The predicted molar refractivity (Wildman–Crippen MR) is 93.4 cm³/mol. The molecule has 1 N–H and O–H groups in total. The first kappa shape index (κ1) is 17.1. The summed E-state index contributed by atoms with van der Waals surface area (Å²) >= 11 is 0. The van der Waals surface area contributed by atoms with Gasteiger partial charge in [0.25, 0.3) is 11.5 Å². The molecule has 0 spiro atoms. The number of nitro benzene ring substituents is 1. The van der Waals surface area contributed by atoms with Crippen molar-refractivity contribution in [2.45, 2.75) is 18.7 Å². The van der Waals surface area contributed by atoms with Crippen molar-refractivity contribution in [3.63, 3.8) is 0 Å². The molecule has 0 saturated heterocycles. The van der Waals surface area contributed by atoms with Crippen molar-refractivity contribution < 1.29 is 17.3 Å². The molecule has 25 heavy (non-hydrogen) atoms. The lowest BCUT2D eigenvalue weighted by atomic mass is 10.1. The lowest BCUT2D eigenvalue weighted by molar-refractivity contribution is -0.385. The standard InChI is InChI=1S/C17H17N3O4S/c1-12-10-15(11-16(13(12)2)20(21)22)25(23,24)19-9-8-18-17(19)14-6-4-3-5-7-14/h3-7,10-11H,8-9H2,1-2H3/p+1. The van der Waals surface area contributed by atoms with Crippen molar-refractivity contribution in [3.8, 4) is 0 Å². The third-order valence-corrected chi connectivity index (χ3v) is 6.08. The van der Waals surface area contributed by atoms with Crippen LogP contribution in [0.5, 0.6) is 0 Å². The number of hydrogen-bond donors (Lipinski definition) is 1. The molecule has 0 unspecified atom stereocenters. The summed E-state index contributed by atoms with van der Waals surface area (Å²) in [5.41, 5.74) is 1.60. The first-order valence-electron chi connectivity index (χ1n) is 7.77. The molecule has 0 atom stereocenters. The molecule has 7 nitrogen and oxygen atoms in total. The number of nitro groups is 1. The van der Waals surface area contributed by atoms with Crippen molar-refractivity contribution in [1.29, 1.82) is 0 Å². The summed E-state index contributed by atoms with van der Waals surface area (Å²) in [6, 6.07) is 11.8. The lowest BCUT2D eigenvalue weighted by Crippen LogP contribution is -2.28. The number of sulfonamides is 1. The SMILES string of the molecule is Cc1cc(S(=O)(=O)[N+]2=C(c3ccccc3)NCC2)cc([N+](=O)[O-])c1C. The van der Waals surface area contributed by atoms with Crippen LogP contribution in [0.4, 0.5) is 5.69 Å². The van der Waals surface area contributed by atoms with E-state index in [0.29, 0.717) is 23.5 Å². The Kier molecular flexibility index (Phi) is 4.30. The van der Waals surface area contributed by atoms with E-state index in [-0.39, 0.29) is 17.1 Å². The Morgan fingerprint density at radius 3 is 2.48 bits per heavy atom. The predicted octanol–water partition coefficient (Wildman–Crippen LogP) is 1.96. The fourth-order valence-electron chi connectivity index (χ4n) is 2.83. The Balaban J connectivity index is 2.18. The summed E-state index contributed by atoms with van der Waals surface area (Å²) in [7, 11) is -3.90. The van der Waals surface area contributed by atoms with Crippen molar-refractivity contribution in [2.75, 3.05) is 13.1 Å². The minimum absolute atomic E-state index is 0.0700. The highest BCUT2D eigenvalue weighted by Gasteiger charge is 2.35. The van der Waals surface area contributed by atoms with E-state index in [1.165, 1.54) is 10.0 Å². The number of benzene rings is 2. The van der Waals surface area contributed by atoms with Crippen molar-refractivity contribution in [2.24, 2.45) is 0 Å². The Bertz CT molecular complexity index is 982. The summed E-state index contributed by atoms with van der Waals surface area (Å²) in [5.74, 6) is 0.487. The van der Waals surface area contributed by atoms with Crippen LogP contribution in [0.25, 0.3) is 0 Å². The van der Waals surface area contributed by atoms with Gasteiger partial charge in [0.1, 0.15) is 18.0 Å². The quantitative estimate of drug-likeness (QED) is 0.511. The first-order valence-corrected chi connectivity index (χ1v) is 9.21. The summed E-state index contributed by atoms with van der Waals surface area (Å²) < 4.78 is 27.5. The van der Waals surface area contributed by atoms with E-state index in [1.54, 1.807) is 13.8 Å². The second-order valence-corrected chi connectivity index (χ2v) is 7.72. The van der Waals surface area contributed by atoms with Crippen LogP contribution >= 0.6 is 0 Å². The molecule has 1 aliphatic heterocycles. The highest BCUT2D eigenvalue weighted by molar-refractivity contribution is 7.85. The zero-order valence-corrected chi connectivity index (χ0v) is 14.7. The van der Waals surface area contributed by atoms with Gasteiger partial charge in [0.05, 0.1) is 10.5 Å². The molecule has 1 aliphatic rings. The molecular weight excluding hydrogens is 342 g/mol. The molecule has 0 fully saturated rings. The maximum atomic E-state index is 13.1. The molecular formula is C17H18N3O4S+. The van der Waals surface area contributed by atoms with Gasteiger partial charge in [-0.1, -0.05) is 18.2 Å². The lowest BCUT2D eigenvalue weighted by Gasteiger charge is -2.09. The van der Waals surface area contributed by atoms with Gasteiger partial charge in [0.2, 0.25) is 0 Å². The minimum atomic E-state index is -3.90. The Hall–Kier alpha value is -2.74. The topological polar surface area (TPSA) is 92.3 Å². The van der Waals surface area contributed by atoms with Crippen molar-refractivity contribution in [3.05, 3.63) is 69.3 Å². The number of amidine groups is 1. The van der Waals surface area contributed by atoms with E-state index in [0.717, 1.165) is 11.6 Å². The second-order valence-electron chi connectivity index (χ2n) is 5.86. The molecule has 0 aromatic heterocycles. The first-order chi connectivity index (χ1) is 11.8. The van der Waals surface area contributed by atoms with Crippen LogP contribution in [-0.2, 0) is 10.0 Å². The molecule has 130 valence electrons. The Labute approximate surface area is 145 Å². The monoisotopic (exact) mass is 360 g/mol. The third-order valence-electron chi connectivity index (χ3n) is 4.30. The number of nitrogens with one attached hydrogen (secondary N) is 1. The average Bonchev–Trinajstić information content (AvgIpc) is 3.08. The highest BCUT2D eigenvalue weighted by Crippen LogP contribution is 2.27. The van der Waals surface area contributed by atoms with Gasteiger partial charge < -0.3 is 0 Å². The fraction of sp³-hybridized carbons (Fsp3) is 0.235. The van der Waals surface area contributed by atoms with Crippen LogP contribution in [0.2, 0.25) is 0 Å². The van der Waals surface area contributed by atoms with E-state index in [9.17, 15) is 18.5 Å². The molecule has 2 aromatic rings. The van der Waals surface area contributed by atoms with Gasteiger partial charge in [-0.25, -0.2) is 0 Å². The van der Waals surface area contributed by atoms with Crippen LogP contribution in [0, 0.1) is 24.0 Å². The number of aryl methyl sites for hydroxylation is 1. The van der Waals surface area contributed by atoms with Gasteiger partial charge in [-0.05, 0) is 37.6 Å². The van der Waals surface area contributed by atoms with Gasteiger partial charge in [-0.3, -0.25) is 15.4 Å². The molecule has 2 aromatic carbocycles. The normalized spacial score (nSPS) is 14.5.